The first-order valence-electron chi connectivity index (χ1n) is 7.26. The van der Waals surface area contributed by atoms with Crippen LogP contribution in [0.3, 0.4) is 0 Å². The molecule has 0 spiro atoms. The molecule has 1 aromatic carbocycles. The minimum absolute atomic E-state index is 0.310. The molecule has 2 rings (SSSR count). The lowest BCUT2D eigenvalue weighted by Gasteiger charge is -2.08. The van der Waals surface area contributed by atoms with Gasteiger partial charge in [-0.25, -0.2) is 9.78 Å². The van der Waals surface area contributed by atoms with Crippen molar-refractivity contribution in [1.82, 2.24) is 14.9 Å². The molecule has 2 aromatic rings. The normalized spacial score (nSPS) is 10.1. The summed E-state index contributed by atoms with van der Waals surface area (Å²) in [4.78, 5) is 39.0. The van der Waals surface area contributed by atoms with Gasteiger partial charge in [-0.05, 0) is 31.2 Å². The average Bonchev–Trinajstić information content (AvgIpc) is 2.99. The Morgan fingerprint density at radius 2 is 1.88 bits per heavy atom. The maximum atomic E-state index is 11.8. The Morgan fingerprint density at radius 3 is 2.46 bits per heavy atom. The number of carbonyl (C=O) groups is 3. The van der Waals surface area contributed by atoms with E-state index in [-0.39, 0.29) is 0 Å². The Kier molecular flexibility index (Phi) is 5.67. The van der Waals surface area contributed by atoms with Crippen molar-refractivity contribution in [3.63, 3.8) is 0 Å². The van der Waals surface area contributed by atoms with E-state index >= 15 is 0 Å². The lowest BCUT2D eigenvalue weighted by atomic mass is 10.2. The number of hydrogen-bond acceptors (Lipinski definition) is 5. The molecule has 126 valence electrons. The van der Waals surface area contributed by atoms with Crippen LogP contribution in [-0.4, -0.2) is 41.0 Å². The summed E-state index contributed by atoms with van der Waals surface area (Å²) >= 11 is 0. The van der Waals surface area contributed by atoms with Gasteiger partial charge in [-0.3, -0.25) is 9.59 Å². The fraction of sp³-hybridized carbons (Fsp3) is 0.250. The van der Waals surface area contributed by atoms with E-state index in [1.807, 2.05) is 11.5 Å². The molecular formula is C16H18N4O4. The number of nitrogens with zero attached hydrogens (tertiary/aromatic N) is 2. The highest BCUT2D eigenvalue weighted by atomic mass is 16.5. The molecule has 0 unspecified atom stereocenters. The lowest BCUT2D eigenvalue weighted by molar-refractivity contribution is -0.136. The summed E-state index contributed by atoms with van der Waals surface area (Å²) in [6.07, 6.45) is 3.46. The van der Waals surface area contributed by atoms with Gasteiger partial charge in [-0.15, -0.1) is 0 Å². The highest BCUT2D eigenvalue weighted by Crippen LogP contribution is 2.10. The quantitative estimate of drug-likeness (QED) is 0.621. The van der Waals surface area contributed by atoms with Crippen LogP contribution < -0.4 is 10.6 Å². The van der Waals surface area contributed by atoms with Gasteiger partial charge in [-0.1, -0.05) is 0 Å². The van der Waals surface area contributed by atoms with Gasteiger partial charge in [0.1, 0.15) is 5.82 Å². The molecule has 0 aliphatic rings. The zero-order valence-corrected chi connectivity index (χ0v) is 13.4. The summed E-state index contributed by atoms with van der Waals surface area (Å²) in [5, 5.41) is 4.99. The monoisotopic (exact) mass is 330 g/mol. The first kappa shape index (κ1) is 17.2. The fourth-order valence-electron chi connectivity index (χ4n) is 2.01. The molecule has 8 heteroatoms. The number of methoxy groups -OCH3 is 1. The highest BCUT2D eigenvalue weighted by Gasteiger charge is 2.13. The standard InChI is InChI=1S/C16H18N4O4/c1-11-17-7-9-20(11)10-8-18-14(21)15(22)19-13-5-3-12(4-6-13)16(23)24-2/h3-7,9H,8,10H2,1-2H3,(H,18,21)(H,19,22). The molecule has 2 N–H and O–H groups in total. The molecular weight excluding hydrogens is 312 g/mol. The smallest absolute Gasteiger partial charge is 0.337 e. The van der Waals surface area contributed by atoms with Crippen molar-refractivity contribution in [3.8, 4) is 0 Å². The first-order chi connectivity index (χ1) is 11.5. The van der Waals surface area contributed by atoms with E-state index in [9.17, 15) is 14.4 Å². The van der Waals surface area contributed by atoms with Crippen molar-refractivity contribution in [1.29, 1.82) is 0 Å². The molecule has 0 radical (unpaired) electrons. The molecule has 1 aromatic heterocycles. The van der Waals surface area contributed by atoms with Crippen LogP contribution in [0.2, 0.25) is 0 Å². The third-order valence-electron chi connectivity index (χ3n) is 3.33. The maximum Gasteiger partial charge on any atom is 0.337 e. The number of esters is 1. The lowest BCUT2D eigenvalue weighted by Crippen LogP contribution is -2.37. The first-order valence-corrected chi connectivity index (χ1v) is 7.26. The molecule has 0 bridgehead atoms. The van der Waals surface area contributed by atoms with Crippen molar-refractivity contribution in [2.24, 2.45) is 0 Å². The van der Waals surface area contributed by atoms with E-state index in [0.29, 0.717) is 24.3 Å². The predicted octanol–water partition coefficient (Wildman–Crippen LogP) is 0.733. The molecule has 24 heavy (non-hydrogen) atoms. The third kappa shape index (κ3) is 4.42. The Balaban J connectivity index is 1.82. The Bertz CT molecular complexity index is 737. The Labute approximate surface area is 138 Å². The predicted molar refractivity (Wildman–Crippen MR) is 86.4 cm³/mol. The average molecular weight is 330 g/mol. The van der Waals surface area contributed by atoms with E-state index in [0.717, 1.165) is 5.82 Å². The minimum Gasteiger partial charge on any atom is -0.465 e. The van der Waals surface area contributed by atoms with E-state index in [2.05, 4.69) is 20.4 Å². The second-order valence-corrected chi connectivity index (χ2v) is 4.95. The molecule has 0 fully saturated rings. The largest absolute Gasteiger partial charge is 0.465 e. The van der Waals surface area contributed by atoms with Gasteiger partial charge in [0.25, 0.3) is 0 Å². The zero-order valence-electron chi connectivity index (χ0n) is 13.4. The topological polar surface area (TPSA) is 102 Å². The number of imidazole rings is 1. The second kappa shape index (κ2) is 7.91. The van der Waals surface area contributed by atoms with E-state index in [1.165, 1.54) is 31.4 Å². The zero-order chi connectivity index (χ0) is 17.5. The van der Waals surface area contributed by atoms with Gasteiger partial charge in [0.15, 0.2) is 0 Å². The number of ether oxygens (including phenoxy) is 1. The van der Waals surface area contributed by atoms with Gasteiger partial charge < -0.3 is 19.9 Å². The summed E-state index contributed by atoms with van der Waals surface area (Å²) in [5.74, 6) is -1.15. The molecule has 8 nitrogen and oxygen atoms in total. The second-order valence-electron chi connectivity index (χ2n) is 4.95. The van der Waals surface area contributed by atoms with E-state index < -0.39 is 17.8 Å². The molecule has 1 heterocycles. The SMILES string of the molecule is COC(=O)c1ccc(NC(=O)C(=O)NCCn2ccnc2C)cc1. The third-order valence-corrected chi connectivity index (χ3v) is 3.33. The molecule has 0 aliphatic heterocycles. The van der Waals surface area contributed by atoms with Crippen LogP contribution in [-0.2, 0) is 20.9 Å². The number of aromatic nitrogens is 2. The summed E-state index contributed by atoms with van der Waals surface area (Å²) < 4.78 is 6.45. The van der Waals surface area contributed by atoms with Crippen LogP contribution in [0.15, 0.2) is 36.7 Å². The fourth-order valence-corrected chi connectivity index (χ4v) is 2.01. The van der Waals surface area contributed by atoms with Gasteiger partial charge in [0, 0.05) is 31.2 Å². The van der Waals surface area contributed by atoms with Crippen LogP contribution in [0.5, 0.6) is 0 Å². The van der Waals surface area contributed by atoms with Crippen molar-refractivity contribution in [3.05, 3.63) is 48.0 Å². The van der Waals surface area contributed by atoms with Crippen LogP contribution in [0.4, 0.5) is 5.69 Å². The Hall–Kier alpha value is -3.16. The summed E-state index contributed by atoms with van der Waals surface area (Å²) in [7, 11) is 1.29. The minimum atomic E-state index is -0.775. The van der Waals surface area contributed by atoms with E-state index in [1.54, 1.807) is 12.4 Å². The molecule has 0 saturated heterocycles. The molecule has 0 aliphatic carbocycles. The van der Waals surface area contributed by atoms with Crippen molar-refractivity contribution in [2.45, 2.75) is 13.5 Å². The van der Waals surface area contributed by atoms with Crippen molar-refractivity contribution in [2.75, 3.05) is 19.0 Å². The van der Waals surface area contributed by atoms with Crippen molar-refractivity contribution >= 4 is 23.5 Å². The van der Waals surface area contributed by atoms with Gasteiger partial charge >= 0.3 is 17.8 Å². The number of aryl methyl sites for hydroxylation is 1. The highest BCUT2D eigenvalue weighted by molar-refractivity contribution is 6.39. The number of benzene rings is 1. The molecule has 0 saturated carbocycles. The van der Waals surface area contributed by atoms with E-state index in [4.69, 9.17) is 0 Å². The van der Waals surface area contributed by atoms with Crippen LogP contribution >= 0.6 is 0 Å². The van der Waals surface area contributed by atoms with Crippen molar-refractivity contribution < 1.29 is 19.1 Å². The van der Waals surface area contributed by atoms with Gasteiger partial charge in [0.2, 0.25) is 0 Å². The number of amides is 2. The number of hydrogen-bond donors (Lipinski definition) is 2. The van der Waals surface area contributed by atoms with Crippen LogP contribution in [0, 0.1) is 6.92 Å². The number of carbonyl (C=O) groups excluding carboxylic acids is 3. The molecule has 0 atom stereocenters. The Morgan fingerprint density at radius 1 is 1.17 bits per heavy atom. The molecule has 2 amide bonds. The summed E-state index contributed by atoms with van der Waals surface area (Å²) in [5.41, 5.74) is 0.768. The number of anilines is 1. The van der Waals surface area contributed by atoms with Gasteiger partial charge in [0.05, 0.1) is 12.7 Å². The van der Waals surface area contributed by atoms with Gasteiger partial charge in [-0.2, -0.15) is 0 Å². The maximum absolute atomic E-state index is 11.8. The van der Waals surface area contributed by atoms with Crippen LogP contribution in [0.1, 0.15) is 16.2 Å². The number of nitrogens with one attached hydrogen (secondary N) is 2. The van der Waals surface area contributed by atoms with Crippen LogP contribution in [0.25, 0.3) is 0 Å². The number of rotatable bonds is 5. The summed E-state index contributed by atoms with van der Waals surface area (Å²) in [6, 6.07) is 6.04. The summed E-state index contributed by atoms with van der Waals surface area (Å²) in [6.45, 7) is 2.69.